The lowest BCUT2D eigenvalue weighted by molar-refractivity contribution is 0.0543. The summed E-state index contributed by atoms with van der Waals surface area (Å²) >= 11 is 0. The Morgan fingerprint density at radius 2 is 1.77 bits per heavy atom. The maximum atomic E-state index is 13.6. The lowest BCUT2D eigenvalue weighted by atomic mass is 10.0. The molecule has 31 heavy (non-hydrogen) atoms. The molecule has 0 atom stereocenters. The van der Waals surface area contributed by atoms with Crippen molar-refractivity contribution in [3.63, 3.8) is 0 Å². The number of amides is 1. The standard InChI is InChI=1S/C26H31N3O2/c1-2-3-15-28-16-13-22(14-17-28)29(19-20-9-5-4-6-10-20)26(31)24-18-21-11-7-8-12-23(21)25(30)27-24/h4-12,18,22H,2-3,13-17,19H2,1H3,(H,27,30). The van der Waals surface area contributed by atoms with Gasteiger partial charge in [0.25, 0.3) is 11.5 Å². The number of piperidine rings is 1. The zero-order valence-electron chi connectivity index (χ0n) is 18.2. The molecule has 0 radical (unpaired) electrons. The van der Waals surface area contributed by atoms with E-state index in [0.29, 0.717) is 17.6 Å². The van der Waals surface area contributed by atoms with Gasteiger partial charge in [-0.25, -0.2) is 0 Å². The molecule has 1 aromatic heterocycles. The number of nitrogens with zero attached hydrogens (tertiary/aromatic N) is 2. The highest BCUT2D eigenvalue weighted by Gasteiger charge is 2.29. The summed E-state index contributed by atoms with van der Waals surface area (Å²) in [5.74, 6) is -0.0984. The lowest BCUT2D eigenvalue weighted by Gasteiger charge is -2.38. The molecule has 0 aliphatic carbocycles. The number of H-pyrrole nitrogens is 1. The van der Waals surface area contributed by atoms with E-state index in [4.69, 9.17) is 0 Å². The van der Waals surface area contributed by atoms with Crippen molar-refractivity contribution in [2.45, 2.75) is 45.2 Å². The number of rotatable bonds is 7. The molecule has 1 amide bonds. The Morgan fingerprint density at radius 3 is 2.52 bits per heavy atom. The molecule has 3 aromatic rings. The predicted molar refractivity (Wildman–Crippen MR) is 125 cm³/mol. The highest BCUT2D eigenvalue weighted by atomic mass is 16.2. The molecule has 2 heterocycles. The summed E-state index contributed by atoms with van der Waals surface area (Å²) < 4.78 is 0. The van der Waals surface area contributed by atoms with Crippen LogP contribution in [0.25, 0.3) is 10.8 Å². The molecule has 0 unspecified atom stereocenters. The third kappa shape index (κ3) is 5.05. The van der Waals surface area contributed by atoms with Crippen LogP contribution in [0.1, 0.15) is 48.7 Å². The summed E-state index contributed by atoms with van der Waals surface area (Å²) in [6, 6.07) is 19.5. The summed E-state index contributed by atoms with van der Waals surface area (Å²) in [5, 5.41) is 1.40. The fourth-order valence-corrected chi connectivity index (χ4v) is 4.46. The van der Waals surface area contributed by atoms with Crippen LogP contribution in [-0.2, 0) is 6.54 Å². The summed E-state index contributed by atoms with van der Waals surface area (Å²) in [7, 11) is 0. The number of hydrogen-bond acceptors (Lipinski definition) is 3. The number of benzene rings is 2. The van der Waals surface area contributed by atoms with Crippen LogP contribution in [0.3, 0.4) is 0 Å². The summed E-state index contributed by atoms with van der Waals surface area (Å²) in [6.07, 6.45) is 4.34. The van der Waals surface area contributed by atoms with Crippen LogP contribution in [0.2, 0.25) is 0 Å². The van der Waals surface area contributed by atoms with Crippen molar-refractivity contribution in [2.24, 2.45) is 0 Å². The van der Waals surface area contributed by atoms with Gasteiger partial charge in [-0.2, -0.15) is 0 Å². The van der Waals surface area contributed by atoms with Crippen LogP contribution in [0.5, 0.6) is 0 Å². The molecule has 162 valence electrons. The molecular formula is C26H31N3O2. The van der Waals surface area contributed by atoms with Gasteiger partial charge in [0.05, 0.1) is 0 Å². The van der Waals surface area contributed by atoms with E-state index in [2.05, 4.69) is 28.9 Å². The normalized spacial score (nSPS) is 15.3. The molecular weight excluding hydrogens is 386 g/mol. The van der Waals surface area contributed by atoms with Crippen LogP contribution >= 0.6 is 0 Å². The number of fused-ring (bicyclic) bond motifs is 1. The van der Waals surface area contributed by atoms with Gasteiger partial charge in [-0.1, -0.05) is 61.9 Å². The Hall–Kier alpha value is -2.92. The highest BCUT2D eigenvalue weighted by molar-refractivity contribution is 5.96. The van der Waals surface area contributed by atoms with E-state index >= 15 is 0 Å². The fraction of sp³-hybridized carbons (Fsp3) is 0.385. The fourth-order valence-electron chi connectivity index (χ4n) is 4.46. The van der Waals surface area contributed by atoms with Gasteiger partial charge in [0.2, 0.25) is 0 Å². The SMILES string of the molecule is CCCCN1CCC(N(Cc2ccccc2)C(=O)c2cc3ccccc3c(=O)[nH]2)CC1. The van der Waals surface area contributed by atoms with Crippen molar-refractivity contribution in [3.8, 4) is 0 Å². The van der Waals surface area contributed by atoms with Gasteiger partial charge in [0.15, 0.2) is 0 Å². The van der Waals surface area contributed by atoms with Gasteiger partial charge in [-0.15, -0.1) is 0 Å². The predicted octanol–water partition coefficient (Wildman–Crippen LogP) is 4.44. The second-order valence-electron chi connectivity index (χ2n) is 8.44. The second-order valence-corrected chi connectivity index (χ2v) is 8.44. The molecule has 1 N–H and O–H groups in total. The number of pyridine rings is 1. The van der Waals surface area contributed by atoms with Crippen LogP contribution in [0, 0.1) is 0 Å². The summed E-state index contributed by atoms with van der Waals surface area (Å²) in [5.41, 5.74) is 1.26. The first-order valence-corrected chi connectivity index (χ1v) is 11.3. The molecule has 0 saturated carbocycles. The first kappa shape index (κ1) is 21.3. The molecule has 1 aliphatic heterocycles. The lowest BCUT2D eigenvalue weighted by Crippen LogP contribution is -2.47. The molecule has 1 saturated heterocycles. The van der Waals surface area contributed by atoms with Gasteiger partial charge in [-0.05, 0) is 48.9 Å². The van der Waals surface area contributed by atoms with Crippen LogP contribution in [0.4, 0.5) is 0 Å². The smallest absolute Gasteiger partial charge is 0.270 e. The van der Waals surface area contributed by atoms with Gasteiger partial charge >= 0.3 is 0 Å². The van der Waals surface area contributed by atoms with Gasteiger partial charge in [-0.3, -0.25) is 9.59 Å². The van der Waals surface area contributed by atoms with Gasteiger partial charge < -0.3 is 14.8 Å². The van der Waals surface area contributed by atoms with Gasteiger partial charge in [0, 0.05) is 31.1 Å². The van der Waals surface area contributed by atoms with Crippen molar-refractivity contribution in [3.05, 3.63) is 82.3 Å². The minimum atomic E-state index is -0.213. The molecule has 1 fully saturated rings. The zero-order chi connectivity index (χ0) is 21.6. The van der Waals surface area contributed by atoms with E-state index in [9.17, 15) is 9.59 Å². The van der Waals surface area contributed by atoms with Crippen molar-refractivity contribution >= 4 is 16.7 Å². The van der Waals surface area contributed by atoms with Crippen molar-refractivity contribution in [1.82, 2.24) is 14.8 Å². The molecule has 4 rings (SSSR count). The zero-order valence-corrected chi connectivity index (χ0v) is 18.2. The first-order valence-electron chi connectivity index (χ1n) is 11.3. The maximum Gasteiger partial charge on any atom is 0.270 e. The van der Waals surface area contributed by atoms with Crippen LogP contribution < -0.4 is 5.56 Å². The Balaban J connectivity index is 1.60. The number of likely N-dealkylation sites (tertiary alicyclic amines) is 1. The number of carbonyl (C=O) groups is 1. The van der Waals surface area contributed by atoms with Crippen molar-refractivity contribution < 1.29 is 4.79 Å². The molecule has 5 nitrogen and oxygen atoms in total. The van der Waals surface area contributed by atoms with E-state index in [1.807, 2.05) is 47.4 Å². The molecule has 1 aliphatic rings. The third-order valence-electron chi connectivity index (χ3n) is 6.27. The van der Waals surface area contributed by atoms with Crippen molar-refractivity contribution in [1.29, 1.82) is 0 Å². The van der Waals surface area contributed by atoms with Crippen molar-refractivity contribution in [2.75, 3.05) is 19.6 Å². The number of hydrogen-bond donors (Lipinski definition) is 1. The molecule has 0 bridgehead atoms. The van der Waals surface area contributed by atoms with E-state index in [-0.39, 0.29) is 17.5 Å². The number of aromatic nitrogens is 1. The van der Waals surface area contributed by atoms with E-state index < -0.39 is 0 Å². The largest absolute Gasteiger partial charge is 0.330 e. The Morgan fingerprint density at radius 1 is 1.06 bits per heavy atom. The number of carbonyl (C=O) groups excluding carboxylic acids is 1. The minimum absolute atomic E-state index is 0.0984. The van der Waals surface area contributed by atoms with E-state index in [1.165, 1.54) is 12.8 Å². The van der Waals surface area contributed by atoms with Gasteiger partial charge in [0.1, 0.15) is 5.69 Å². The van der Waals surface area contributed by atoms with E-state index in [0.717, 1.165) is 43.4 Å². The summed E-state index contributed by atoms with van der Waals surface area (Å²) in [6.45, 7) is 5.92. The molecule has 5 heteroatoms. The molecule has 0 spiro atoms. The topological polar surface area (TPSA) is 56.4 Å². The number of unbranched alkanes of at least 4 members (excludes halogenated alkanes) is 1. The summed E-state index contributed by atoms with van der Waals surface area (Å²) in [4.78, 5) is 33.5. The first-order chi connectivity index (χ1) is 15.2. The Kier molecular flexibility index (Phi) is 6.82. The highest BCUT2D eigenvalue weighted by Crippen LogP contribution is 2.22. The second kappa shape index (κ2) is 9.92. The Bertz CT molecular complexity index is 1070. The minimum Gasteiger partial charge on any atom is -0.330 e. The van der Waals surface area contributed by atoms with Crippen LogP contribution in [-0.4, -0.2) is 46.4 Å². The maximum absolute atomic E-state index is 13.6. The Labute approximate surface area is 183 Å². The van der Waals surface area contributed by atoms with Crippen LogP contribution in [0.15, 0.2) is 65.5 Å². The third-order valence-corrected chi connectivity index (χ3v) is 6.27. The van der Waals surface area contributed by atoms with E-state index in [1.54, 1.807) is 6.07 Å². The quantitative estimate of drug-likeness (QED) is 0.619. The number of nitrogens with one attached hydrogen (secondary N) is 1. The average Bonchev–Trinajstić information content (AvgIpc) is 2.82. The average molecular weight is 418 g/mol. The number of aromatic amines is 1. The molecule has 2 aromatic carbocycles. The monoisotopic (exact) mass is 417 g/mol.